The van der Waals surface area contributed by atoms with E-state index in [-0.39, 0.29) is 5.92 Å². The van der Waals surface area contributed by atoms with Gasteiger partial charge in [0.2, 0.25) is 0 Å². The predicted molar refractivity (Wildman–Crippen MR) is 213 cm³/mol. The number of hydrogen-bond acceptors (Lipinski definition) is 2. The minimum atomic E-state index is 0.0296. The van der Waals surface area contributed by atoms with Crippen LogP contribution >= 0.6 is 0 Å². The highest BCUT2D eigenvalue weighted by atomic mass is 15.0. The summed E-state index contributed by atoms with van der Waals surface area (Å²) < 4.78 is 2.45. The minimum absolute atomic E-state index is 0.0296. The molecule has 0 saturated heterocycles. The van der Waals surface area contributed by atoms with E-state index in [1.807, 2.05) is 24.3 Å². The molecule has 1 unspecified atom stereocenters. The Kier molecular flexibility index (Phi) is 7.21. The molecule has 0 fully saturated rings. The average Bonchev–Trinajstić information content (AvgIpc) is 3.51. The molecule has 3 heteroatoms. The molecule has 2 heterocycles. The smallest absolute Gasteiger partial charge is 0.160 e. The third kappa shape index (κ3) is 4.98. The molecule has 0 N–H and O–H groups in total. The van der Waals surface area contributed by atoms with Gasteiger partial charge >= 0.3 is 0 Å². The topological polar surface area (TPSA) is 30.7 Å². The van der Waals surface area contributed by atoms with Gasteiger partial charge in [0, 0.05) is 44.8 Å². The average molecular weight is 664 g/mol. The Bertz CT molecular complexity index is 2650. The zero-order valence-electron chi connectivity index (χ0n) is 28.4. The van der Waals surface area contributed by atoms with Gasteiger partial charge in [-0.3, -0.25) is 0 Å². The van der Waals surface area contributed by atoms with E-state index >= 15 is 0 Å². The van der Waals surface area contributed by atoms with Gasteiger partial charge in [-0.2, -0.15) is 0 Å². The van der Waals surface area contributed by atoms with Crippen LogP contribution in [0, 0.1) is 0 Å². The van der Waals surface area contributed by atoms with Gasteiger partial charge in [0.05, 0.1) is 22.6 Å². The minimum Gasteiger partial charge on any atom is -0.309 e. The summed E-state index contributed by atoms with van der Waals surface area (Å²) in [7, 11) is 0. The molecule has 0 radical (unpaired) electrons. The summed E-state index contributed by atoms with van der Waals surface area (Å²) in [5.74, 6) is 0.749. The summed E-state index contributed by atoms with van der Waals surface area (Å²) in [6.45, 7) is 0. The molecule has 2 aromatic heterocycles. The molecule has 0 bridgehead atoms. The standard InChI is InChI=1S/C49H33N3/c1-4-16-33(17-5-1)43-32-44(51-49(50-43)36-18-6-2-7-19-36)34-28-30-35(31-29-34)46-38-22-10-11-23-39(38)47-42-26-14-15-27-45(42)52(37-20-8-3-9-21-37)48(47)41-25-13-12-24-40(41)46/h1-32,46H. The Hall–Kier alpha value is -6.84. The van der Waals surface area contributed by atoms with Crippen molar-refractivity contribution in [2.45, 2.75) is 5.92 Å². The largest absolute Gasteiger partial charge is 0.309 e. The van der Waals surface area contributed by atoms with Gasteiger partial charge < -0.3 is 4.57 Å². The molecule has 1 atom stereocenters. The van der Waals surface area contributed by atoms with Crippen LogP contribution in [0.3, 0.4) is 0 Å². The lowest BCUT2D eigenvalue weighted by Crippen LogP contribution is -2.06. The van der Waals surface area contributed by atoms with E-state index in [1.165, 1.54) is 50.0 Å². The van der Waals surface area contributed by atoms with Crippen molar-refractivity contribution in [3.05, 3.63) is 211 Å². The van der Waals surface area contributed by atoms with Crippen LogP contribution < -0.4 is 0 Å². The number of fused-ring (bicyclic) bond motifs is 7. The molecule has 244 valence electrons. The van der Waals surface area contributed by atoms with E-state index in [0.29, 0.717) is 0 Å². The second-order valence-electron chi connectivity index (χ2n) is 13.3. The van der Waals surface area contributed by atoms with Crippen LogP contribution in [-0.2, 0) is 0 Å². The Balaban J connectivity index is 1.16. The van der Waals surface area contributed by atoms with E-state index in [2.05, 4.69) is 174 Å². The SMILES string of the molecule is c1ccc(-c2cc(-c3ccc(C4c5ccccc5-c5c(n(-c6ccccc6)c6ccccc56)-c5ccccc54)cc3)nc(-c3ccccc3)n2)cc1. The zero-order chi connectivity index (χ0) is 34.4. The fraction of sp³-hybridized carbons (Fsp3) is 0.0204. The Morgan fingerprint density at radius 2 is 0.942 bits per heavy atom. The van der Waals surface area contributed by atoms with Gasteiger partial charge in [0.15, 0.2) is 5.82 Å². The van der Waals surface area contributed by atoms with Crippen molar-refractivity contribution < 1.29 is 0 Å². The van der Waals surface area contributed by atoms with E-state index in [9.17, 15) is 0 Å². The summed E-state index contributed by atoms with van der Waals surface area (Å²) >= 11 is 0. The molecular formula is C49H33N3. The van der Waals surface area contributed by atoms with Crippen molar-refractivity contribution in [3.63, 3.8) is 0 Å². The summed E-state index contributed by atoms with van der Waals surface area (Å²) in [5, 5.41) is 1.26. The van der Waals surface area contributed by atoms with Crippen LogP contribution in [0.25, 0.3) is 72.9 Å². The maximum atomic E-state index is 5.10. The van der Waals surface area contributed by atoms with Crippen molar-refractivity contribution in [3.8, 4) is 62.0 Å². The van der Waals surface area contributed by atoms with Crippen LogP contribution in [0.5, 0.6) is 0 Å². The number of nitrogens with zero attached hydrogens (tertiary/aromatic N) is 3. The summed E-state index contributed by atoms with van der Waals surface area (Å²) in [6, 6.07) is 69.3. The number of benzene rings is 7. The molecule has 3 nitrogen and oxygen atoms in total. The summed E-state index contributed by atoms with van der Waals surface area (Å²) in [4.78, 5) is 10.1. The normalized spacial score (nSPS) is 13.2. The van der Waals surface area contributed by atoms with Crippen molar-refractivity contribution in [2.75, 3.05) is 0 Å². The van der Waals surface area contributed by atoms with Crippen LogP contribution in [0.2, 0.25) is 0 Å². The van der Waals surface area contributed by atoms with Gasteiger partial charge in [0.25, 0.3) is 0 Å². The van der Waals surface area contributed by atoms with E-state index in [0.717, 1.165) is 39.6 Å². The molecule has 0 amide bonds. The second kappa shape index (κ2) is 12.5. The molecule has 7 aromatic carbocycles. The van der Waals surface area contributed by atoms with Crippen LogP contribution in [0.4, 0.5) is 0 Å². The zero-order valence-corrected chi connectivity index (χ0v) is 28.4. The van der Waals surface area contributed by atoms with Gasteiger partial charge in [-0.15, -0.1) is 0 Å². The van der Waals surface area contributed by atoms with Crippen molar-refractivity contribution in [1.29, 1.82) is 0 Å². The van der Waals surface area contributed by atoms with Crippen molar-refractivity contribution in [2.24, 2.45) is 0 Å². The quantitative estimate of drug-likeness (QED) is 0.183. The number of rotatable bonds is 5. The van der Waals surface area contributed by atoms with Crippen LogP contribution in [0.1, 0.15) is 22.6 Å². The second-order valence-corrected chi connectivity index (χ2v) is 13.3. The van der Waals surface area contributed by atoms with Gasteiger partial charge in [-0.25, -0.2) is 9.97 Å². The number of aromatic nitrogens is 3. The first-order valence-electron chi connectivity index (χ1n) is 17.8. The lowest BCUT2D eigenvalue weighted by molar-refractivity contribution is 0.984. The Morgan fingerprint density at radius 1 is 0.423 bits per heavy atom. The van der Waals surface area contributed by atoms with E-state index < -0.39 is 0 Å². The third-order valence-electron chi connectivity index (χ3n) is 10.3. The highest BCUT2D eigenvalue weighted by Crippen LogP contribution is 2.52. The van der Waals surface area contributed by atoms with Crippen LogP contribution in [0.15, 0.2) is 194 Å². The van der Waals surface area contributed by atoms with E-state index in [1.54, 1.807) is 0 Å². The maximum absolute atomic E-state index is 5.10. The van der Waals surface area contributed by atoms with Gasteiger partial charge in [-0.1, -0.05) is 170 Å². The lowest BCUT2D eigenvalue weighted by Gasteiger charge is -2.22. The molecule has 0 saturated carbocycles. The highest BCUT2D eigenvalue weighted by Gasteiger charge is 2.32. The molecular weight excluding hydrogens is 631 g/mol. The first-order chi connectivity index (χ1) is 25.8. The lowest BCUT2D eigenvalue weighted by atomic mass is 9.82. The molecule has 52 heavy (non-hydrogen) atoms. The fourth-order valence-corrected chi connectivity index (χ4v) is 7.99. The molecule has 0 spiro atoms. The number of para-hydroxylation sites is 2. The van der Waals surface area contributed by atoms with Crippen molar-refractivity contribution in [1.82, 2.24) is 14.5 Å². The van der Waals surface area contributed by atoms with Crippen molar-refractivity contribution >= 4 is 10.9 Å². The highest BCUT2D eigenvalue weighted by molar-refractivity contribution is 6.08. The maximum Gasteiger partial charge on any atom is 0.160 e. The Morgan fingerprint density at radius 3 is 1.63 bits per heavy atom. The third-order valence-corrected chi connectivity index (χ3v) is 10.3. The summed E-state index contributed by atoms with van der Waals surface area (Å²) in [5.41, 5.74) is 16.2. The molecule has 1 aliphatic carbocycles. The van der Waals surface area contributed by atoms with E-state index in [4.69, 9.17) is 9.97 Å². The number of hydrogen-bond donors (Lipinski definition) is 0. The predicted octanol–water partition coefficient (Wildman–Crippen LogP) is 12.2. The van der Waals surface area contributed by atoms with Gasteiger partial charge in [-0.05, 0) is 46.5 Å². The van der Waals surface area contributed by atoms with Crippen LogP contribution in [-0.4, -0.2) is 14.5 Å². The molecule has 1 aliphatic rings. The first-order valence-corrected chi connectivity index (χ1v) is 17.8. The molecule has 10 rings (SSSR count). The Labute approximate surface area is 303 Å². The van der Waals surface area contributed by atoms with Gasteiger partial charge in [0.1, 0.15) is 0 Å². The molecule has 0 aliphatic heterocycles. The summed E-state index contributed by atoms with van der Waals surface area (Å²) in [6.07, 6.45) is 0. The monoisotopic (exact) mass is 663 g/mol. The fourth-order valence-electron chi connectivity index (χ4n) is 7.99. The molecule has 9 aromatic rings. The first kappa shape index (κ1) is 30.0.